The lowest BCUT2D eigenvalue weighted by Crippen LogP contribution is -2.32. The maximum Gasteiger partial charge on any atom is 0.269 e. The largest absolute Gasteiger partial charge is 0.378 e. The highest BCUT2D eigenvalue weighted by Crippen LogP contribution is 2.50. The summed E-state index contributed by atoms with van der Waals surface area (Å²) < 4.78 is 0. The van der Waals surface area contributed by atoms with E-state index < -0.39 is 0 Å². The molecule has 1 heterocycles. The maximum atomic E-state index is 12.8. The predicted molar refractivity (Wildman–Crippen MR) is 113 cm³/mol. The van der Waals surface area contributed by atoms with Crippen LogP contribution in [0.1, 0.15) is 53.7 Å². The van der Waals surface area contributed by atoms with Crippen molar-refractivity contribution < 1.29 is 9.72 Å². The fourth-order valence-corrected chi connectivity index (χ4v) is 4.55. The number of non-ortho nitro benzene ring substituents is 1. The lowest BCUT2D eigenvalue weighted by molar-refractivity contribution is -0.384. The average molecular weight is 391 g/mol. The normalized spacial score (nSPS) is 21.8. The summed E-state index contributed by atoms with van der Waals surface area (Å²) >= 11 is 0. The average Bonchev–Trinajstić information content (AvgIpc) is 3.24. The molecule has 0 fully saturated rings. The molecule has 2 aromatic rings. The van der Waals surface area contributed by atoms with Crippen molar-refractivity contribution in [2.45, 2.75) is 32.2 Å². The van der Waals surface area contributed by atoms with Gasteiger partial charge in [0.05, 0.1) is 11.0 Å². The lowest BCUT2D eigenvalue weighted by Gasteiger charge is -2.37. The van der Waals surface area contributed by atoms with Crippen LogP contribution in [-0.2, 0) is 0 Å². The van der Waals surface area contributed by atoms with Gasteiger partial charge in [-0.2, -0.15) is 0 Å². The quantitative estimate of drug-likeness (QED) is 0.447. The molecule has 2 aromatic carbocycles. The van der Waals surface area contributed by atoms with Crippen molar-refractivity contribution in [3.05, 3.63) is 81.4 Å². The van der Waals surface area contributed by atoms with Crippen LogP contribution in [0.5, 0.6) is 0 Å². The van der Waals surface area contributed by atoms with Crippen molar-refractivity contribution in [1.29, 1.82) is 0 Å². The summed E-state index contributed by atoms with van der Waals surface area (Å²) in [5.74, 6) is 0.618. The third-order valence-electron chi connectivity index (χ3n) is 6.12. The first-order chi connectivity index (χ1) is 14.0. The Morgan fingerprint density at radius 2 is 1.90 bits per heavy atom. The van der Waals surface area contributed by atoms with Gasteiger partial charge in [0.15, 0.2) is 0 Å². The lowest BCUT2D eigenvalue weighted by atomic mass is 9.76. The molecule has 1 amide bonds. The first-order valence-electron chi connectivity index (χ1n) is 10.1. The molecule has 150 valence electrons. The van der Waals surface area contributed by atoms with E-state index in [2.05, 4.69) is 17.5 Å². The number of hydrogen-bond acceptors (Lipinski definition) is 4. The van der Waals surface area contributed by atoms with E-state index >= 15 is 0 Å². The second-order valence-electron chi connectivity index (χ2n) is 7.60. The van der Waals surface area contributed by atoms with Crippen molar-refractivity contribution in [3.63, 3.8) is 0 Å². The number of carbonyl (C=O) groups excluding carboxylic acids is 1. The molecule has 0 unspecified atom stereocenters. The van der Waals surface area contributed by atoms with Gasteiger partial charge in [0.25, 0.3) is 11.6 Å². The SMILES string of the molecule is CCN(CC)C(=O)c1ccc2c(c1)[C@@H]1C=CC[C@@H]1[C@H](c1ccc([N+](=O)[O-])cc1)N2. The fraction of sp³-hybridized carbons (Fsp3) is 0.348. The zero-order chi connectivity index (χ0) is 20.5. The molecule has 29 heavy (non-hydrogen) atoms. The molecule has 1 N–H and O–H groups in total. The number of nitrogens with zero attached hydrogens (tertiary/aromatic N) is 2. The van der Waals surface area contributed by atoms with Crippen LogP contribution in [0.3, 0.4) is 0 Å². The first-order valence-corrected chi connectivity index (χ1v) is 10.1. The third kappa shape index (κ3) is 3.39. The number of fused-ring (bicyclic) bond motifs is 3. The number of anilines is 1. The number of nitrogens with one attached hydrogen (secondary N) is 1. The molecule has 0 aromatic heterocycles. The van der Waals surface area contributed by atoms with Crippen LogP contribution in [0.2, 0.25) is 0 Å². The number of amides is 1. The molecular formula is C23H25N3O3. The molecule has 4 rings (SSSR count). The van der Waals surface area contributed by atoms with Crippen LogP contribution in [0.4, 0.5) is 11.4 Å². The minimum atomic E-state index is -0.373. The van der Waals surface area contributed by atoms with Crippen molar-refractivity contribution >= 4 is 17.3 Å². The van der Waals surface area contributed by atoms with E-state index in [4.69, 9.17) is 0 Å². The minimum absolute atomic E-state index is 0.0637. The van der Waals surface area contributed by atoms with Crippen LogP contribution in [0.15, 0.2) is 54.6 Å². The summed E-state index contributed by atoms with van der Waals surface area (Å²) in [5, 5.41) is 14.6. The van der Waals surface area contributed by atoms with Gasteiger partial charge in [0.1, 0.15) is 0 Å². The second-order valence-corrected chi connectivity index (χ2v) is 7.60. The molecule has 6 heteroatoms. The zero-order valence-electron chi connectivity index (χ0n) is 16.7. The van der Waals surface area contributed by atoms with Crippen molar-refractivity contribution in [1.82, 2.24) is 4.90 Å². The summed E-state index contributed by atoms with van der Waals surface area (Å²) in [4.78, 5) is 25.2. The molecule has 1 aliphatic heterocycles. The van der Waals surface area contributed by atoms with Gasteiger partial charge in [0.2, 0.25) is 0 Å². The second kappa shape index (κ2) is 7.70. The van der Waals surface area contributed by atoms with Crippen LogP contribution in [0, 0.1) is 16.0 Å². The van der Waals surface area contributed by atoms with Crippen LogP contribution < -0.4 is 5.32 Å². The zero-order valence-corrected chi connectivity index (χ0v) is 16.7. The molecule has 3 atom stereocenters. The number of nitro benzene ring substituents is 1. The summed E-state index contributed by atoms with van der Waals surface area (Å²) in [6, 6.07) is 12.8. The highest BCUT2D eigenvalue weighted by molar-refractivity contribution is 5.95. The van der Waals surface area contributed by atoms with E-state index in [1.54, 1.807) is 12.1 Å². The third-order valence-corrected chi connectivity index (χ3v) is 6.12. The van der Waals surface area contributed by atoms with Crippen LogP contribution >= 0.6 is 0 Å². The minimum Gasteiger partial charge on any atom is -0.378 e. The Kier molecular flexibility index (Phi) is 5.09. The molecule has 2 aliphatic rings. The summed E-state index contributed by atoms with van der Waals surface area (Å²) in [5.41, 5.74) is 4.05. The number of allylic oxidation sites excluding steroid dienone is 2. The topological polar surface area (TPSA) is 75.5 Å². The van der Waals surface area contributed by atoms with E-state index in [1.165, 1.54) is 0 Å². The Morgan fingerprint density at radius 1 is 1.17 bits per heavy atom. The Balaban J connectivity index is 1.67. The molecule has 0 saturated carbocycles. The Hall–Kier alpha value is -3.15. The first kappa shape index (κ1) is 19.2. The summed E-state index contributed by atoms with van der Waals surface area (Å²) in [6.07, 6.45) is 5.37. The van der Waals surface area contributed by atoms with Gasteiger partial charge in [-0.25, -0.2) is 0 Å². The van der Waals surface area contributed by atoms with Gasteiger partial charge >= 0.3 is 0 Å². The maximum absolute atomic E-state index is 12.8. The Morgan fingerprint density at radius 3 is 2.55 bits per heavy atom. The van der Waals surface area contributed by atoms with Gasteiger partial charge in [-0.1, -0.05) is 24.3 Å². The van der Waals surface area contributed by atoms with Gasteiger partial charge in [-0.15, -0.1) is 0 Å². The highest BCUT2D eigenvalue weighted by atomic mass is 16.6. The van der Waals surface area contributed by atoms with Crippen molar-refractivity contribution in [3.8, 4) is 0 Å². The van der Waals surface area contributed by atoms with E-state index in [0.717, 1.165) is 28.8 Å². The molecule has 6 nitrogen and oxygen atoms in total. The molecule has 0 saturated heterocycles. The van der Waals surface area contributed by atoms with Crippen molar-refractivity contribution in [2.24, 2.45) is 5.92 Å². The standard InChI is InChI=1S/C23H25N3O3/c1-3-25(4-2)23(27)16-10-13-21-20(14-16)18-6-5-7-19(18)22(24-21)15-8-11-17(12-9-15)26(28)29/h5-6,8-14,18-19,22,24H,3-4,7H2,1-2H3/t18-,19+,22+/m1/s1. The molecular weight excluding hydrogens is 366 g/mol. The van der Waals surface area contributed by atoms with Gasteiger partial charge in [-0.05, 0) is 55.5 Å². The molecule has 0 bridgehead atoms. The van der Waals surface area contributed by atoms with Crippen LogP contribution in [-0.4, -0.2) is 28.8 Å². The van der Waals surface area contributed by atoms with E-state index in [1.807, 2.05) is 49.1 Å². The summed E-state index contributed by atoms with van der Waals surface area (Å²) in [6.45, 7) is 5.37. The molecule has 0 radical (unpaired) electrons. The Labute approximate surface area is 170 Å². The van der Waals surface area contributed by atoms with E-state index in [0.29, 0.717) is 19.0 Å². The van der Waals surface area contributed by atoms with Gasteiger partial charge in [-0.3, -0.25) is 14.9 Å². The Bertz CT molecular complexity index is 964. The number of hydrogen-bond donors (Lipinski definition) is 1. The van der Waals surface area contributed by atoms with Crippen molar-refractivity contribution in [2.75, 3.05) is 18.4 Å². The summed E-state index contributed by atoms with van der Waals surface area (Å²) in [7, 11) is 0. The highest BCUT2D eigenvalue weighted by Gasteiger charge is 2.38. The van der Waals surface area contributed by atoms with E-state index in [9.17, 15) is 14.9 Å². The number of rotatable bonds is 5. The predicted octanol–water partition coefficient (Wildman–Crippen LogP) is 4.90. The fourth-order valence-electron chi connectivity index (χ4n) is 4.55. The van der Waals surface area contributed by atoms with Gasteiger partial charge in [0, 0.05) is 42.4 Å². The number of benzene rings is 2. The van der Waals surface area contributed by atoms with Crippen LogP contribution in [0.25, 0.3) is 0 Å². The smallest absolute Gasteiger partial charge is 0.269 e. The molecule has 1 aliphatic carbocycles. The van der Waals surface area contributed by atoms with E-state index in [-0.39, 0.29) is 28.5 Å². The number of carbonyl (C=O) groups is 1. The molecule has 0 spiro atoms. The monoisotopic (exact) mass is 391 g/mol. The van der Waals surface area contributed by atoms with Gasteiger partial charge < -0.3 is 10.2 Å². The number of nitro groups is 1.